The molecular formula is C16H19N3O. The van der Waals surface area contributed by atoms with Crippen LogP contribution in [0.5, 0.6) is 0 Å². The van der Waals surface area contributed by atoms with Crippen molar-refractivity contribution >= 4 is 11.0 Å². The van der Waals surface area contributed by atoms with Crippen LogP contribution in [0, 0.1) is 6.92 Å². The lowest BCUT2D eigenvalue weighted by atomic mass is 10.1. The highest BCUT2D eigenvalue weighted by atomic mass is 16.3. The molecule has 0 fully saturated rings. The Labute approximate surface area is 118 Å². The molecule has 0 unspecified atom stereocenters. The Hall–Kier alpha value is -2.07. The van der Waals surface area contributed by atoms with Crippen molar-refractivity contribution in [2.45, 2.75) is 19.9 Å². The first-order valence-electron chi connectivity index (χ1n) is 6.89. The van der Waals surface area contributed by atoms with Gasteiger partial charge in [-0.3, -0.25) is 0 Å². The molecule has 2 heterocycles. The van der Waals surface area contributed by atoms with Gasteiger partial charge in [-0.2, -0.15) is 0 Å². The monoisotopic (exact) mass is 269 g/mol. The second-order valence-corrected chi connectivity index (χ2v) is 5.01. The lowest BCUT2D eigenvalue weighted by Crippen LogP contribution is -2.18. The zero-order valence-electron chi connectivity index (χ0n) is 11.9. The summed E-state index contributed by atoms with van der Waals surface area (Å²) in [5.41, 5.74) is 2.21. The SMILES string of the molecule is Cc1oc2ccccc2c1CNCCc1nccn1C. The number of para-hydroxylation sites is 1. The standard InChI is InChI=1S/C16H19N3O/c1-12-14(13-5-3-4-6-15(13)20-12)11-17-8-7-16-18-9-10-19(16)2/h3-6,9-10,17H,7-8,11H2,1-2H3. The summed E-state index contributed by atoms with van der Waals surface area (Å²) in [7, 11) is 2.02. The molecule has 4 nitrogen and oxygen atoms in total. The third-order valence-corrected chi connectivity index (χ3v) is 3.65. The van der Waals surface area contributed by atoms with Gasteiger partial charge in [-0.15, -0.1) is 0 Å². The highest BCUT2D eigenvalue weighted by Crippen LogP contribution is 2.24. The molecule has 0 saturated carbocycles. The molecule has 1 N–H and O–H groups in total. The topological polar surface area (TPSA) is 43.0 Å². The number of aromatic nitrogens is 2. The number of benzene rings is 1. The Morgan fingerprint density at radius 2 is 2.15 bits per heavy atom. The fourth-order valence-corrected chi connectivity index (χ4v) is 2.49. The van der Waals surface area contributed by atoms with Crippen molar-refractivity contribution < 1.29 is 4.42 Å². The van der Waals surface area contributed by atoms with E-state index in [0.717, 1.165) is 36.7 Å². The number of imidazole rings is 1. The van der Waals surface area contributed by atoms with Gasteiger partial charge in [0.25, 0.3) is 0 Å². The number of aryl methyl sites for hydroxylation is 2. The Morgan fingerprint density at radius 1 is 1.30 bits per heavy atom. The molecule has 0 amide bonds. The van der Waals surface area contributed by atoms with Crippen molar-refractivity contribution in [2.75, 3.05) is 6.54 Å². The maximum atomic E-state index is 5.76. The average molecular weight is 269 g/mol. The molecule has 0 aliphatic carbocycles. The molecule has 0 bridgehead atoms. The van der Waals surface area contributed by atoms with Crippen LogP contribution in [0.3, 0.4) is 0 Å². The third-order valence-electron chi connectivity index (χ3n) is 3.65. The van der Waals surface area contributed by atoms with Gasteiger partial charge in [0, 0.05) is 49.9 Å². The minimum absolute atomic E-state index is 0.827. The first kappa shape index (κ1) is 12.9. The number of furan rings is 1. The molecule has 0 aliphatic heterocycles. The Kier molecular flexibility index (Phi) is 3.56. The van der Waals surface area contributed by atoms with E-state index in [1.807, 2.05) is 38.5 Å². The summed E-state index contributed by atoms with van der Waals surface area (Å²) in [6, 6.07) is 8.18. The summed E-state index contributed by atoms with van der Waals surface area (Å²) in [6.45, 7) is 3.76. The van der Waals surface area contributed by atoms with Gasteiger partial charge < -0.3 is 14.3 Å². The molecule has 0 aliphatic rings. The molecule has 0 radical (unpaired) electrons. The van der Waals surface area contributed by atoms with Gasteiger partial charge in [0.15, 0.2) is 0 Å². The zero-order valence-corrected chi connectivity index (χ0v) is 11.9. The summed E-state index contributed by atoms with van der Waals surface area (Å²) in [5, 5.41) is 4.68. The molecule has 3 aromatic rings. The lowest BCUT2D eigenvalue weighted by molar-refractivity contribution is 0.564. The lowest BCUT2D eigenvalue weighted by Gasteiger charge is -2.05. The van der Waals surface area contributed by atoms with Crippen molar-refractivity contribution in [3.63, 3.8) is 0 Å². The van der Waals surface area contributed by atoms with Crippen LogP contribution >= 0.6 is 0 Å². The first-order chi connectivity index (χ1) is 9.75. The van der Waals surface area contributed by atoms with Crippen molar-refractivity contribution in [1.82, 2.24) is 14.9 Å². The molecule has 3 rings (SSSR count). The average Bonchev–Trinajstić information content (AvgIpc) is 2.98. The van der Waals surface area contributed by atoms with E-state index in [4.69, 9.17) is 4.42 Å². The van der Waals surface area contributed by atoms with E-state index in [1.54, 1.807) is 0 Å². The van der Waals surface area contributed by atoms with Crippen LogP contribution in [0.15, 0.2) is 41.1 Å². The largest absolute Gasteiger partial charge is 0.461 e. The van der Waals surface area contributed by atoms with Crippen molar-refractivity contribution in [3.05, 3.63) is 53.8 Å². The van der Waals surface area contributed by atoms with Crippen molar-refractivity contribution in [1.29, 1.82) is 0 Å². The number of rotatable bonds is 5. The fraction of sp³-hybridized carbons (Fsp3) is 0.312. The molecule has 104 valence electrons. The van der Waals surface area contributed by atoms with Crippen LogP contribution in [0.25, 0.3) is 11.0 Å². The highest BCUT2D eigenvalue weighted by Gasteiger charge is 2.09. The van der Waals surface area contributed by atoms with Crippen molar-refractivity contribution in [3.8, 4) is 0 Å². The Morgan fingerprint density at radius 3 is 2.95 bits per heavy atom. The van der Waals surface area contributed by atoms with Crippen LogP contribution < -0.4 is 5.32 Å². The van der Waals surface area contributed by atoms with Gasteiger partial charge in [-0.05, 0) is 13.0 Å². The first-order valence-corrected chi connectivity index (χ1v) is 6.89. The summed E-state index contributed by atoms with van der Waals surface area (Å²) < 4.78 is 7.82. The summed E-state index contributed by atoms with van der Waals surface area (Å²) in [6.07, 6.45) is 4.74. The summed E-state index contributed by atoms with van der Waals surface area (Å²) >= 11 is 0. The number of fused-ring (bicyclic) bond motifs is 1. The second kappa shape index (κ2) is 5.51. The normalized spacial score (nSPS) is 11.3. The van der Waals surface area contributed by atoms with E-state index in [-0.39, 0.29) is 0 Å². The Bertz CT molecular complexity index is 711. The molecular weight excluding hydrogens is 250 g/mol. The summed E-state index contributed by atoms with van der Waals surface area (Å²) in [4.78, 5) is 4.32. The number of nitrogens with zero attached hydrogens (tertiary/aromatic N) is 2. The molecule has 0 spiro atoms. The predicted octanol–water partition coefficient (Wildman–Crippen LogP) is 2.81. The fourth-order valence-electron chi connectivity index (χ4n) is 2.49. The van der Waals surface area contributed by atoms with Crippen LogP contribution in [0.2, 0.25) is 0 Å². The van der Waals surface area contributed by atoms with Gasteiger partial charge in [-0.1, -0.05) is 18.2 Å². The van der Waals surface area contributed by atoms with E-state index in [1.165, 1.54) is 10.9 Å². The second-order valence-electron chi connectivity index (χ2n) is 5.01. The van der Waals surface area contributed by atoms with E-state index in [0.29, 0.717) is 0 Å². The van der Waals surface area contributed by atoms with E-state index in [9.17, 15) is 0 Å². The minimum atomic E-state index is 0.827. The highest BCUT2D eigenvalue weighted by molar-refractivity contribution is 5.82. The molecule has 20 heavy (non-hydrogen) atoms. The Balaban J connectivity index is 1.63. The molecule has 0 atom stereocenters. The number of hydrogen-bond acceptors (Lipinski definition) is 3. The minimum Gasteiger partial charge on any atom is -0.461 e. The quantitative estimate of drug-likeness (QED) is 0.724. The van der Waals surface area contributed by atoms with Gasteiger partial charge in [0.1, 0.15) is 17.2 Å². The summed E-state index contributed by atoms with van der Waals surface area (Å²) in [5.74, 6) is 2.10. The van der Waals surface area contributed by atoms with Crippen LogP contribution in [0.4, 0.5) is 0 Å². The van der Waals surface area contributed by atoms with Gasteiger partial charge in [0.05, 0.1) is 0 Å². The van der Waals surface area contributed by atoms with E-state index >= 15 is 0 Å². The van der Waals surface area contributed by atoms with Crippen LogP contribution in [-0.2, 0) is 20.0 Å². The van der Waals surface area contributed by atoms with Gasteiger partial charge in [-0.25, -0.2) is 4.98 Å². The molecule has 1 aromatic carbocycles. The molecule has 2 aromatic heterocycles. The van der Waals surface area contributed by atoms with Crippen LogP contribution in [0.1, 0.15) is 17.1 Å². The zero-order chi connectivity index (χ0) is 13.9. The van der Waals surface area contributed by atoms with E-state index in [2.05, 4.69) is 27.0 Å². The van der Waals surface area contributed by atoms with E-state index < -0.39 is 0 Å². The number of nitrogens with one attached hydrogen (secondary N) is 1. The number of hydrogen-bond donors (Lipinski definition) is 1. The third kappa shape index (κ3) is 2.47. The van der Waals surface area contributed by atoms with Gasteiger partial charge >= 0.3 is 0 Å². The van der Waals surface area contributed by atoms with Gasteiger partial charge in [0.2, 0.25) is 0 Å². The van der Waals surface area contributed by atoms with Crippen LogP contribution in [-0.4, -0.2) is 16.1 Å². The smallest absolute Gasteiger partial charge is 0.134 e. The predicted molar refractivity (Wildman–Crippen MR) is 79.6 cm³/mol. The maximum Gasteiger partial charge on any atom is 0.134 e. The molecule has 4 heteroatoms. The van der Waals surface area contributed by atoms with Crippen molar-refractivity contribution in [2.24, 2.45) is 7.05 Å². The molecule has 0 saturated heterocycles. The maximum absolute atomic E-state index is 5.76.